The van der Waals surface area contributed by atoms with E-state index in [9.17, 15) is 8.42 Å². The van der Waals surface area contributed by atoms with E-state index in [-0.39, 0.29) is 12.1 Å². The van der Waals surface area contributed by atoms with Crippen molar-refractivity contribution < 1.29 is 8.42 Å². The summed E-state index contributed by atoms with van der Waals surface area (Å²) in [6.07, 6.45) is 3.86. The van der Waals surface area contributed by atoms with E-state index in [4.69, 9.17) is 5.73 Å². The number of hydrogen-bond donors (Lipinski definition) is 1. The molecule has 0 aromatic carbocycles. The molecule has 2 fully saturated rings. The third-order valence-corrected chi connectivity index (χ3v) is 5.67. The van der Waals surface area contributed by atoms with E-state index in [2.05, 4.69) is 0 Å². The van der Waals surface area contributed by atoms with Gasteiger partial charge in [-0.2, -0.15) is 17.0 Å². The zero-order chi connectivity index (χ0) is 11.8. The van der Waals surface area contributed by atoms with E-state index in [0.717, 1.165) is 25.7 Å². The summed E-state index contributed by atoms with van der Waals surface area (Å²) in [6.45, 7) is 3.71. The summed E-state index contributed by atoms with van der Waals surface area (Å²) in [7, 11) is -3.26. The highest BCUT2D eigenvalue weighted by molar-refractivity contribution is 7.86. The van der Waals surface area contributed by atoms with Gasteiger partial charge in [0.05, 0.1) is 0 Å². The standard InChI is InChI=1S/C10H21N3O2S/c1-9-4-2-3-6-13(9)16(14,15)12-7-5-10(11)8-12/h9-10H,2-8,11H2,1H3/t9?,10-/m1/s1. The topological polar surface area (TPSA) is 66.6 Å². The van der Waals surface area contributed by atoms with Crippen molar-refractivity contribution in [3.8, 4) is 0 Å². The molecule has 2 heterocycles. The Morgan fingerprint density at radius 3 is 2.50 bits per heavy atom. The van der Waals surface area contributed by atoms with Crippen molar-refractivity contribution in [2.45, 2.75) is 44.7 Å². The molecule has 2 atom stereocenters. The Hall–Kier alpha value is -0.170. The van der Waals surface area contributed by atoms with Gasteiger partial charge >= 0.3 is 0 Å². The summed E-state index contributed by atoms with van der Waals surface area (Å²) in [4.78, 5) is 0. The van der Waals surface area contributed by atoms with Gasteiger partial charge < -0.3 is 5.73 Å². The zero-order valence-electron chi connectivity index (χ0n) is 9.80. The Morgan fingerprint density at radius 2 is 1.94 bits per heavy atom. The average Bonchev–Trinajstić information content (AvgIpc) is 2.66. The number of nitrogens with two attached hydrogens (primary N) is 1. The molecule has 2 rings (SSSR count). The lowest BCUT2D eigenvalue weighted by Crippen LogP contribution is -2.49. The molecule has 0 aromatic heterocycles. The van der Waals surface area contributed by atoms with Crippen molar-refractivity contribution >= 4 is 10.2 Å². The summed E-state index contributed by atoms with van der Waals surface area (Å²) in [5.74, 6) is 0. The van der Waals surface area contributed by atoms with Crippen LogP contribution in [0.25, 0.3) is 0 Å². The Labute approximate surface area is 97.8 Å². The SMILES string of the molecule is CC1CCCCN1S(=O)(=O)N1CC[C@@H](N)C1. The lowest BCUT2D eigenvalue weighted by atomic mass is 10.1. The Balaban J connectivity index is 2.11. The van der Waals surface area contributed by atoms with Crippen LogP contribution in [-0.2, 0) is 10.2 Å². The lowest BCUT2D eigenvalue weighted by Gasteiger charge is -2.35. The van der Waals surface area contributed by atoms with Gasteiger partial charge in [-0.25, -0.2) is 0 Å². The van der Waals surface area contributed by atoms with Crippen LogP contribution < -0.4 is 5.73 Å². The molecule has 2 aliphatic rings. The van der Waals surface area contributed by atoms with E-state index in [1.165, 1.54) is 0 Å². The predicted molar refractivity (Wildman–Crippen MR) is 63.1 cm³/mol. The molecule has 1 unspecified atom stereocenters. The van der Waals surface area contributed by atoms with Crippen LogP contribution in [0.3, 0.4) is 0 Å². The van der Waals surface area contributed by atoms with Crippen LogP contribution in [0.2, 0.25) is 0 Å². The van der Waals surface area contributed by atoms with E-state index in [1.54, 1.807) is 8.61 Å². The number of rotatable bonds is 2. The molecule has 2 N–H and O–H groups in total. The van der Waals surface area contributed by atoms with Crippen molar-refractivity contribution in [1.29, 1.82) is 0 Å². The number of piperidine rings is 1. The van der Waals surface area contributed by atoms with E-state index in [0.29, 0.717) is 19.6 Å². The zero-order valence-corrected chi connectivity index (χ0v) is 10.6. The monoisotopic (exact) mass is 247 g/mol. The molecular formula is C10H21N3O2S. The fraction of sp³-hybridized carbons (Fsp3) is 1.00. The lowest BCUT2D eigenvalue weighted by molar-refractivity contribution is 0.250. The Morgan fingerprint density at radius 1 is 1.19 bits per heavy atom. The maximum Gasteiger partial charge on any atom is 0.282 e. The maximum atomic E-state index is 12.3. The van der Waals surface area contributed by atoms with Gasteiger partial charge in [-0.3, -0.25) is 0 Å². The molecule has 0 radical (unpaired) electrons. The largest absolute Gasteiger partial charge is 0.326 e. The first-order chi connectivity index (χ1) is 7.51. The molecule has 0 aromatic rings. The second kappa shape index (κ2) is 4.60. The van der Waals surface area contributed by atoms with Crippen LogP contribution >= 0.6 is 0 Å². The molecule has 94 valence electrons. The smallest absolute Gasteiger partial charge is 0.282 e. The first-order valence-electron chi connectivity index (χ1n) is 6.04. The van der Waals surface area contributed by atoms with Gasteiger partial charge in [-0.05, 0) is 26.2 Å². The molecule has 0 spiro atoms. The summed E-state index contributed by atoms with van der Waals surface area (Å²) < 4.78 is 27.9. The molecule has 0 amide bonds. The van der Waals surface area contributed by atoms with Crippen molar-refractivity contribution in [3.05, 3.63) is 0 Å². The van der Waals surface area contributed by atoms with Crippen molar-refractivity contribution in [3.63, 3.8) is 0 Å². The maximum absolute atomic E-state index is 12.3. The molecule has 16 heavy (non-hydrogen) atoms. The van der Waals surface area contributed by atoms with Gasteiger partial charge in [0.15, 0.2) is 0 Å². The van der Waals surface area contributed by atoms with E-state index in [1.807, 2.05) is 6.92 Å². The van der Waals surface area contributed by atoms with Crippen LogP contribution in [0.15, 0.2) is 0 Å². The van der Waals surface area contributed by atoms with Crippen LogP contribution in [0.4, 0.5) is 0 Å². The van der Waals surface area contributed by atoms with E-state index >= 15 is 0 Å². The molecule has 0 bridgehead atoms. The van der Waals surface area contributed by atoms with Crippen LogP contribution in [0.5, 0.6) is 0 Å². The normalized spacial score (nSPS) is 34.4. The third kappa shape index (κ3) is 2.25. The molecular weight excluding hydrogens is 226 g/mol. The third-order valence-electron chi connectivity index (χ3n) is 3.55. The molecule has 5 nitrogen and oxygen atoms in total. The average molecular weight is 247 g/mol. The molecule has 2 saturated heterocycles. The molecule has 2 aliphatic heterocycles. The quantitative estimate of drug-likeness (QED) is 0.754. The van der Waals surface area contributed by atoms with Crippen molar-refractivity contribution in [1.82, 2.24) is 8.61 Å². The van der Waals surface area contributed by atoms with Gasteiger partial charge in [0.2, 0.25) is 0 Å². The van der Waals surface area contributed by atoms with Gasteiger partial charge in [0.25, 0.3) is 10.2 Å². The van der Waals surface area contributed by atoms with Crippen molar-refractivity contribution in [2.75, 3.05) is 19.6 Å². The fourth-order valence-corrected chi connectivity index (χ4v) is 4.46. The fourth-order valence-electron chi connectivity index (χ4n) is 2.53. The highest BCUT2D eigenvalue weighted by atomic mass is 32.2. The molecule has 0 aliphatic carbocycles. The van der Waals surface area contributed by atoms with Gasteiger partial charge in [-0.15, -0.1) is 0 Å². The first-order valence-corrected chi connectivity index (χ1v) is 7.44. The second-order valence-corrected chi connectivity index (χ2v) is 6.75. The molecule has 0 saturated carbocycles. The van der Waals surface area contributed by atoms with Crippen LogP contribution in [-0.4, -0.2) is 48.7 Å². The van der Waals surface area contributed by atoms with Gasteiger partial charge in [0.1, 0.15) is 0 Å². The summed E-state index contributed by atoms with van der Waals surface area (Å²) >= 11 is 0. The molecule has 6 heteroatoms. The second-order valence-electron chi connectivity index (χ2n) is 4.87. The van der Waals surface area contributed by atoms with Gasteiger partial charge in [0, 0.05) is 31.7 Å². The minimum Gasteiger partial charge on any atom is -0.326 e. The highest BCUT2D eigenvalue weighted by Crippen LogP contribution is 2.24. The predicted octanol–water partition coefficient (Wildman–Crippen LogP) is 0.139. The highest BCUT2D eigenvalue weighted by Gasteiger charge is 2.37. The minimum atomic E-state index is -3.26. The first kappa shape index (κ1) is 12.3. The van der Waals surface area contributed by atoms with Crippen LogP contribution in [0, 0.1) is 0 Å². The minimum absolute atomic E-state index is 0.00914. The number of nitrogens with zero attached hydrogens (tertiary/aromatic N) is 2. The van der Waals surface area contributed by atoms with Gasteiger partial charge in [-0.1, -0.05) is 6.42 Å². The number of hydrogen-bond acceptors (Lipinski definition) is 3. The van der Waals surface area contributed by atoms with E-state index < -0.39 is 10.2 Å². The summed E-state index contributed by atoms with van der Waals surface area (Å²) in [5, 5.41) is 0. The van der Waals surface area contributed by atoms with Crippen molar-refractivity contribution in [2.24, 2.45) is 5.73 Å². The Bertz CT molecular complexity index is 344. The van der Waals surface area contributed by atoms with Crippen LogP contribution in [0.1, 0.15) is 32.6 Å². The summed E-state index contributed by atoms with van der Waals surface area (Å²) in [6, 6.07) is 0.144. The summed E-state index contributed by atoms with van der Waals surface area (Å²) in [5.41, 5.74) is 5.76. The Kier molecular flexibility index (Phi) is 3.53.